The molecule has 2 aromatic heterocycles. The van der Waals surface area contributed by atoms with Crippen molar-refractivity contribution in [1.82, 2.24) is 9.97 Å². The third kappa shape index (κ3) is 4.49. The Bertz CT molecular complexity index is 1030. The van der Waals surface area contributed by atoms with Crippen LogP contribution in [0.4, 0.5) is 5.82 Å². The van der Waals surface area contributed by atoms with Crippen LogP contribution in [-0.2, 0) is 12.8 Å². The molecule has 0 atom stereocenters. The summed E-state index contributed by atoms with van der Waals surface area (Å²) in [4.78, 5) is 8.76. The predicted molar refractivity (Wildman–Crippen MR) is 116 cm³/mol. The normalized spacial score (nSPS) is 10.9. The highest BCUT2D eigenvalue weighted by Gasteiger charge is 2.07. The molecule has 0 saturated carbocycles. The maximum Gasteiger partial charge on any atom is 0.147 e. The molecule has 4 nitrogen and oxygen atoms in total. The van der Waals surface area contributed by atoms with Crippen LogP contribution >= 0.6 is 11.3 Å². The third-order valence-electron chi connectivity index (χ3n) is 4.66. The average Bonchev–Trinajstić information content (AvgIpc) is 3.12. The van der Waals surface area contributed by atoms with Crippen molar-refractivity contribution >= 4 is 27.4 Å². The zero-order valence-electron chi connectivity index (χ0n) is 15.9. The number of thiophene rings is 1. The van der Waals surface area contributed by atoms with E-state index in [2.05, 4.69) is 64.0 Å². The number of fused-ring (bicyclic) bond motifs is 1. The molecule has 0 saturated heterocycles. The van der Waals surface area contributed by atoms with Gasteiger partial charge in [0.05, 0.1) is 16.8 Å². The van der Waals surface area contributed by atoms with Gasteiger partial charge in [0, 0.05) is 13.0 Å². The minimum atomic E-state index is 0.689. The first-order valence-corrected chi connectivity index (χ1v) is 10.4. The minimum absolute atomic E-state index is 0.689. The summed E-state index contributed by atoms with van der Waals surface area (Å²) in [5, 5.41) is 5.57. The molecule has 5 heteroatoms. The minimum Gasteiger partial charge on any atom is -0.493 e. The zero-order chi connectivity index (χ0) is 19.2. The van der Waals surface area contributed by atoms with E-state index in [0.717, 1.165) is 41.2 Å². The summed E-state index contributed by atoms with van der Waals surface area (Å²) in [5.74, 6) is 1.84. The van der Waals surface area contributed by atoms with Crippen LogP contribution in [0, 0.1) is 6.92 Å². The summed E-state index contributed by atoms with van der Waals surface area (Å²) in [7, 11) is 0. The van der Waals surface area contributed by atoms with Crippen molar-refractivity contribution in [3.05, 3.63) is 83.0 Å². The number of hydrogen-bond donors (Lipinski definition) is 1. The second-order valence-corrected chi connectivity index (χ2v) is 7.60. The van der Waals surface area contributed by atoms with Gasteiger partial charge < -0.3 is 10.1 Å². The number of nitrogens with one attached hydrogen (secondary N) is 1. The van der Waals surface area contributed by atoms with Crippen molar-refractivity contribution in [2.24, 2.45) is 0 Å². The van der Waals surface area contributed by atoms with E-state index in [9.17, 15) is 0 Å². The van der Waals surface area contributed by atoms with Crippen molar-refractivity contribution in [1.29, 1.82) is 0 Å². The van der Waals surface area contributed by atoms with E-state index in [0.29, 0.717) is 6.61 Å². The number of benzene rings is 2. The molecule has 4 aromatic rings. The largest absolute Gasteiger partial charge is 0.493 e. The molecule has 0 aliphatic rings. The molecule has 28 heavy (non-hydrogen) atoms. The SMILES string of the molecule is Cc1csc2c(NCCc3ccc(OCCc4ccccc4)cc3)ncnc12. The van der Waals surface area contributed by atoms with Crippen molar-refractivity contribution < 1.29 is 4.74 Å². The van der Waals surface area contributed by atoms with Crippen LogP contribution in [0.2, 0.25) is 0 Å². The van der Waals surface area contributed by atoms with Crippen LogP contribution < -0.4 is 10.1 Å². The molecule has 0 spiro atoms. The standard InChI is InChI=1S/C23H23N3OS/c1-17-15-28-22-21(17)25-16-26-23(22)24-13-11-19-7-9-20(10-8-19)27-14-12-18-5-3-2-4-6-18/h2-10,15-16H,11-14H2,1H3,(H,24,25,26). The van der Waals surface area contributed by atoms with Gasteiger partial charge in [0.1, 0.15) is 17.9 Å². The lowest BCUT2D eigenvalue weighted by Gasteiger charge is -2.09. The molecule has 0 amide bonds. The van der Waals surface area contributed by atoms with E-state index in [1.807, 2.05) is 18.2 Å². The van der Waals surface area contributed by atoms with E-state index in [1.54, 1.807) is 17.7 Å². The molecule has 4 rings (SSSR count). The van der Waals surface area contributed by atoms with Crippen LogP contribution in [0.25, 0.3) is 10.2 Å². The highest BCUT2D eigenvalue weighted by Crippen LogP contribution is 2.28. The number of nitrogens with zero attached hydrogens (tertiary/aromatic N) is 2. The number of aryl methyl sites for hydroxylation is 1. The summed E-state index contributed by atoms with van der Waals surface area (Å²) < 4.78 is 6.99. The summed E-state index contributed by atoms with van der Waals surface area (Å²) >= 11 is 1.69. The molecular weight excluding hydrogens is 366 g/mol. The average molecular weight is 390 g/mol. The highest BCUT2D eigenvalue weighted by molar-refractivity contribution is 7.18. The molecular formula is C23H23N3OS. The Morgan fingerprint density at radius 3 is 2.54 bits per heavy atom. The van der Waals surface area contributed by atoms with Gasteiger partial charge >= 0.3 is 0 Å². The Morgan fingerprint density at radius 1 is 0.929 bits per heavy atom. The lowest BCUT2D eigenvalue weighted by molar-refractivity contribution is 0.322. The summed E-state index contributed by atoms with van der Waals surface area (Å²) in [6, 6.07) is 18.8. The van der Waals surface area contributed by atoms with Gasteiger partial charge in [-0.15, -0.1) is 11.3 Å². The van der Waals surface area contributed by atoms with Crippen molar-refractivity contribution in [3.8, 4) is 5.75 Å². The first-order valence-electron chi connectivity index (χ1n) is 9.48. The van der Waals surface area contributed by atoms with E-state index in [1.165, 1.54) is 16.7 Å². The van der Waals surface area contributed by atoms with Crippen molar-refractivity contribution in [3.63, 3.8) is 0 Å². The van der Waals surface area contributed by atoms with Gasteiger partial charge in [-0.3, -0.25) is 0 Å². The fraction of sp³-hybridized carbons (Fsp3) is 0.217. The molecule has 2 aromatic carbocycles. The topological polar surface area (TPSA) is 47.0 Å². The Balaban J connectivity index is 1.26. The summed E-state index contributed by atoms with van der Waals surface area (Å²) in [6.07, 6.45) is 3.48. The second kappa shape index (κ2) is 8.85. The van der Waals surface area contributed by atoms with Crippen LogP contribution in [0.15, 0.2) is 66.3 Å². The Kier molecular flexibility index (Phi) is 5.83. The van der Waals surface area contributed by atoms with Crippen LogP contribution in [0.5, 0.6) is 5.75 Å². The van der Waals surface area contributed by atoms with Gasteiger partial charge in [-0.2, -0.15) is 0 Å². The molecule has 1 N–H and O–H groups in total. The molecule has 0 fully saturated rings. The number of ether oxygens (including phenoxy) is 1. The van der Waals surface area contributed by atoms with Gasteiger partial charge in [-0.05, 0) is 47.5 Å². The second-order valence-electron chi connectivity index (χ2n) is 6.72. The van der Waals surface area contributed by atoms with Gasteiger partial charge in [0.25, 0.3) is 0 Å². The quantitative estimate of drug-likeness (QED) is 0.446. The molecule has 0 aliphatic carbocycles. The Labute approximate surface area is 169 Å². The molecule has 0 unspecified atom stereocenters. The summed E-state index contributed by atoms with van der Waals surface area (Å²) in [5.41, 5.74) is 4.81. The van der Waals surface area contributed by atoms with E-state index >= 15 is 0 Å². The smallest absolute Gasteiger partial charge is 0.147 e. The Hall–Kier alpha value is -2.92. The molecule has 0 radical (unpaired) electrons. The third-order valence-corrected chi connectivity index (χ3v) is 5.76. The molecule has 0 aliphatic heterocycles. The fourth-order valence-corrected chi connectivity index (χ4v) is 4.07. The van der Waals surface area contributed by atoms with Crippen LogP contribution in [0.3, 0.4) is 0 Å². The first kappa shape index (κ1) is 18.4. The van der Waals surface area contributed by atoms with Crippen molar-refractivity contribution in [2.75, 3.05) is 18.5 Å². The van der Waals surface area contributed by atoms with E-state index < -0.39 is 0 Å². The molecule has 2 heterocycles. The van der Waals surface area contributed by atoms with E-state index in [4.69, 9.17) is 4.74 Å². The monoisotopic (exact) mass is 389 g/mol. The molecule has 142 valence electrons. The van der Waals surface area contributed by atoms with Crippen LogP contribution in [-0.4, -0.2) is 23.1 Å². The number of anilines is 1. The molecule has 0 bridgehead atoms. The zero-order valence-corrected chi connectivity index (χ0v) is 16.7. The number of hydrogen-bond acceptors (Lipinski definition) is 5. The lowest BCUT2D eigenvalue weighted by atomic mass is 10.1. The van der Waals surface area contributed by atoms with E-state index in [-0.39, 0.29) is 0 Å². The maximum absolute atomic E-state index is 5.86. The number of rotatable bonds is 8. The number of aromatic nitrogens is 2. The Morgan fingerprint density at radius 2 is 1.71 bits per heavy atom. The summed E-state index contributed by atoms with van der Waals surface area (Å²) in [6.45, 7) is 3.60. The van der Waals surface area contributed by atoms with Gasteiger partial charge in [0.15, 0.2) is 0 Å². The predicted octanol–water partition coefficient (Wildman–Crippen LogP) is 5.28. The highest BCUT2D eigenvalue weighted by atomic mass is 32.1. The lowest BCUT2D eigenvalue weighted by Crippen LogP contribution is -2.06. The van der Waals surface area contributed by atoms with Gasteiger partial charge in [-0.25, -0.2) is 9.97 Å². The maximum atomic E-state index is 5.86. The van der Waals surface area contributed by atoms with Crippen molar-refractivity contribution in [2.45, 2.75) is 19.8 Å². The van der Waals surface area contributed by atoms with Gasteiger partial charge in [0.2, 0.25) is 0 Å². The van der Waals surface area contributed by atoms with Gasteiger partial charge in [-0.1, -0.05) is 42.5 Å². The fourth-order valence-electron chi connectivity index (χ4n) is 3.10. The first-order chi connectivity index (χ1) is 13.8. The van der Waals surface area contributed by atoms with Crippen LogP contribution in [0.1, 0.15) is 16.7 Å².